The fraction of sp³-hybridized carbons (Fsp3) is 0.111. The highest BCUT2D eigenvalue weighted by Crippen LogP contribution is 2.38. The number of carbonyl (C=O) groups is 1. The molecule has 0 aliphatic heterocycles. The number of methoxy groups -OCH3 is 1. The summed E-state index contributed by atoms with van der Waals surface area (Å²) in [6, 6.07) is 31.8. The lowest BCUT2D eigenvalue weighted by Crippen LogP contribution is -2.13. The quantitative estimate of drug-likeness (QED) is 0.124. The molecule has 44 heavy (non-hydrogen) atoms. The van der Waals surface area contributed by atoms with Gasteiger partial charge in [-0.25, -0.2) is 0 Å². The summed E-state index contributed by atoms with van der Waals surface area (Å²) < 4.78 is 17.5. The van der Waals surface area contributed by atoms with E-state index in [9.17, 15) is 10.1 Å². The molecule has 5 aromatic rings. The molecule has 0 unspecified atom stereocenters. The lowest BCUT2D eigenvalue weighted by atomic mass is 10.0. The molecule has 220 valence electrons. The predicted molar refractivity (Wildman–Crippen MR) is 175 cm³/mol. The lowest BCUT2D eigenvalue weighted by molar-refractivity contribution is -0.112. The van der Waals surface area contributed by atoms with Crippen LogP contribution < -0.4 is 19.5 Å². The zero-order valence-corrected chi connectivity index (χ0v) is 25.6. The molecule has 0 aromatic heterocycles. The number of carbonyl (C=O) groups excluding carboxylic acids is 1. The Balaban J connectivity index is 1.27. The first-order valence-corrected chi connectivity index (χ1v) is 14.5. The van der Waals surface area contributed by atoms with Gasteiger partial charge in [0, 0.05) is 16.3 Å². The molecule has 0 aliphatic carbocycles. The van der Waals surface area contributed by atoms with Crippen molar-refractivity contribution in [1.82, 2.24) is 0 Å². The van der Waals surface area contributed by atoms with Gasteiger partial charge in [0.05, 0.1) is 12.1 Å². The Kier molecular flexibility index (Phi) is 9.71. The first-order valence-electron chi connectivity index (χ1n) is 13.7. The highest BCUT2D eigenvalue weighted by molar-refractivity contribution is 6.32. The van der Waals surface area contributed by atoms with Crippen LogP contribution in [0.1, 0.15) is 22.3 Å². The molecule has 8 heteroatoms. The summed E-state index contributed by atoms with van der Waals surface area (Å²) in [6.45, 7) is 2.70. The number of hydrogen-bond acceptors (Lipinski definition) is 5. The summed E-state index contributed by atoms with van der Waals surface area (Å²) in [5.74, 6) is 0.825. The number of fused-ring (bicyclic) bond motifs is 1. The van der Waals surface area contributed by atoms with Gasteiger partial charge in [0.15, 0.2) is 11.5 Å². The fourth-order valence-electron chi connectivity index (χ4n) is 4.64. The van der Waals surface area contributed by atoms with Gasteiger partial charge >= 0.3 is 0 Å². The summed E-state index contributed by atoms with van der Waals surface area (Å²) in [6.07, 6.45) is 1.45. The van der Waals surface area contributed by atoms with Crippen LogP contribution in [0.5, 0.6) is 17.2 Å². The minimum absolute atomic E-state index is 0.105. The van der Waals surface area contributed by atoms with Crippen molar-refractivity contribution in [1.29, 1.82) is 5.26 Å². The number of ether oxygens (including phenoxy) is 3. The van der Waals surface area contributed by atoms with E-state index >= 15 is 0 Å². The van der Waals surface area contributed by atoms with Crippen molar-refractivity contribution < 1.29 is 19.0 Å². The third kappa shape index (κ3) is 7.33. The van der Waals surface area contributed by atoms with Crippen molar-refractivity contribution in [3.05, 3.63) is 135 Å². The molecule has 1 amide bonds. The number of halogens is 2. The van der Waals surface area contributed by atoms with Crippen LogP contribution in [-0.4, -0.2) is 13.0 Å². The van der Waals surface area contributed by atoms with Crippen molar-refractivity contribution in [2.75, 3.05) is 12.4 Å². The number of anilines is 1. The van der Waals surface area contributed by atoms with E-state index in [1.54, 1.807) is 48.5 Å². The minimum Gasteiger partial charge on any atom is -0.493 e. The summed E-state index contributed by atoms with van der Waals surface area (Å²) in [5.41, 5.74) is 4.05. The molecule has 0 radical (unpaired) electrons. The monoisotopic (exact) mass is 622 g/mol. The molecule has 0 heterocycles. The van der Waals surface area contributed by atoms with E-state index in [0.717, 1.165) is 27.5 Å². The maximum Gasteiger partial charge on any atom is 0.266 e. The van der Waals surface area contributed by atoms with Gasteiger partial charge in [-0.2, -0.15) is 5.26 Å². The number of benzene rings is 5. The molecule has 5 aromatic carbocycles. The van der Waals surface area contributed by atoms with Crippen LogP contribution in [0.4, 0.5) is 5.69 Å². The zero-order chi connectivity index (χ0) is 31.1. The van der Waals surface area contributed by atoms with Crippen molar-refractivity contribution in [2.45, 2.75) is 20.1 Å². The Morgan fingerprint density at radius 3 is 2.39 bits per heavy atom. The van der Waals surface area contributed by atoms with Crippen molar-refractivity contribution in [3.8, 4) is 23.3 Å². The van der Waals surface area contributed by atoms with Gasteiger partial charge in [-0.3, -0.25) is 4.79 Å². The van der Waals surface area contributed by atoms with Crippen LogP contribution in [0.3, 0.4) is 0 Å². The topological polar surface area (TPSA) is 80.6 Å². The Bertz CT molecular complexity index is 1880. The Labute approximate surface area is 266 Å². The number of rotatable bonds is 10. The van der Waals surface area contributed by atoms with Crippen LogP contribution >= 0.6 is 23.2 Å². The van der Waals surface area contributed by atoms with E-state index in [-0.39, 0.29) is 12.2 Å². The first-order chi connectivity index (χ1) is 21.3. The summed E-state index contributed by atoms with van der Waals surface area (Å²) in [7, 11) is 1.51. The average molecular weight is 624 g/mol. The first kappa shape index (κ1) is 30.5. The van der Waals surface area contributed by atoms with Gasteiger partial charge in [0.2, 0.25) is 0 Å². The maximum absolute atomic E-state index is 12.9. The number of nitrogens with one attached hydrogen (secondary N) is 1. The van der Waals surface area contributed by atoms with E-state index in [1.165, 1.54) is 13.2 Å². The Hall–Kier alpha value is -4.96. The molecule has 0 atom stereocenters. The van der Waals surface area contributed by atoms with E-state index in [0.29, 0.717) is 45.2 Å². The zero-order valence-electron chi connectivity index (χ0n) is 24.1. The van der Waals surface area contributed by atoms with Crippen LogP contribution in [-0.2, 0) is 18.0 Å². The van der Waals surface area contributed by atoms with Gasteiger partial charge in [0.25, 0.3) is 5.91 Å². The van der Waals surface area contributed by atoms with Gasteiger partial charge in [0.1, 0.15) is 30.6 Å². The van der Waals surface area contributed by atoms with Gasteiger partial charge in [-0.05, 0) is 89.0 Å². The third-order valence-electron chi connectivity index (χ3n) is 6.99. The van der Waals surface area contributed by atoms with Crippen LogP contribution in [0.15, 0.2) is 103 Å². The fourth-order valence-corrected chi connectivity index (χ4v) is 5.04. The highest BCUT2D eigenvalue weighted by Gasteiger charge is 2.16. The van der Waals surface area contributed by atoms with Gasteiger partial charge < -0.3 is 19.5 Å². The van der Waals surface area contributed by atoms with E-state index < -0.39 is 5.91 Å². The molecule has 0 aliphatic rings. The van der Waals surface area contributed by atoms with Crippen LogP contribution in [0, 0.1) is 18.3 Å². The highest BCUT2D eigenvalue weighted by atomic mass is 35.5. The van der Waals surface area contributed by atoms with Gasteiger partial charge in [-0.1, -0.05) is 71.7 Å². The summed E-state index contributed by atoms with van der Waals surface area (Å²) in [4.78, 5) is 12.9. The van der Waals surface area contributed by atoms with E-state index in [1.807, 2.05) is 37.3 Å². The second-order valence-electron chi connectivity index (χ2n) is 9.97. The third-order valence-corrected chi connectivity index (χ3v) is 7.53. The predicted octanol–water partition coefficient (Wildman–Crippen LogP) is 9.17. The smallest absolute Gasteiger partial charge is 0.266 e. The molecular formula is C36H28Cl2N2O4. The average Bonchev–Trinajstić information content (AvgIpc) is 3.04. The van der Waals surface area contributed by atoms with E-state index in [4.69, 9.17) is 37.4 Å². The molecular weight excluding hydrogens is 595 g/mol. The number of aryl methyl sites for hydroxylation is 1. The Morgan fingerprint density at radius 1 is 0.909 bits per heavy atom. The van der Waals surface area contributed by atoms with Crippen molar-refractivity contribution in [2.24, 2.45) is 0 Å². The summed E-state index contributed by atoms with van der Waals surface area (Å²) in [5, 5.41) is 15.7. The normalized spacial score (nSPS) is 11.1. The standard InChI is InChI=1S/C36H28Cl2N2O4/c1-23-7-10-26-5-3-4-6-31(26)32(23)22-44-35-33(38)18-25(19-34(35)42-2)17-27(20-39)36(41)40-29-13-15-30(16-14-29)43-21-24-8-11-28(37)12-9-24/h3-19H,21-22H2,1-2H3,(H,40,41)/b27-17+. The second-order valence-corrected chi connectivity index (χ2v) is 10.8. The van der Waals surface area contributed by atoms with Crippen molar-refractivity contribution in [3.63, 3.8) is 0 Å². The molecule has 0 spiro atoms. The largest absolute Gasteiger partial charge is 0.493 e. The Morgan fingerprint density at radius 2 is 1.66 bits per heavy atom. The number of hydrogen-bond donors (Lipinski definition) is 1. The molecule has 5 rings (SSSR count). The number of nitrogens with zero attached hydrogens (tertiary/aromatic N) is 1. The molecule has 0 bridgehead atoms. The van der Waals surface area contributed by atoms with E-state index in [2.05, 4.69) is 29.6 Å². The summed E-state index contributed by atoms with van der Waals surface area (Å²) >= 11 is 12.6. The van der Waals surface area contributed by atoms with Crippen molar-refractivity contribution >= 4 is 51.6 Å². The van der Waals surface area contributed by atoms with Crippen LogP contribution in [0.25, 0.3) is 16.8 Å². The molecule has 0 fully saturated rings. The molecule has 6 nitrogen and oxygen atoms in total. The number of nitriles is 1. The minimum atomic E-state index is -0.566. The lowest BCUT2D eigenvalue weighted by Gasteiger charge is -2.16. The second kappa shape index (κ2) is 14.0. The number of amides is 1. The molecule has 0 saturated carbocycles. The van der Waals surface area contributed by atoms with Gasteiger partial charge in [-0.15, -0.1) is 0 Å². The molecule has 0 saturated heterocycles. The SMILES string of the molecule is COc1cc(/C=C(\C#N)C(=O)Nc2ccc(OCc3ccc(Cl)cc3)cc2)cc(Cl)c1OCc1c(C)ccc2ccccc12. The molecule has 1 N–H and O–H groups in total. The maximum atomic E-state index is 12.9. The van der Waals surface area contributed by atoms with Crippen LogP contribution in [0.2, 0.25) is 10.0 Å².